The third kappa shape index (κ3) is 2.77. The molecule has 5 rings (SSSR count). The number of imidazole rings is 1. The van der Waals surface area contributed by atoms with E-state index in [1.165, 1.54) is 6.07 Å². The number of halogens is 1. The molecular formula is C20H16FN5O. The van der Waals surface area contributed by atoms with Crippen LogP contribution in [0.25, 0.3) is 22.3 Å². The molecule has 134 valence electrons. The Balaban J connectivity index is 1.48. The first kappa shape index (κ1) is 15.7. The van der Waals surface area contributed by atoms with Crippen LogP contribution in [0.15, 0.2) is 48.7 Å². The maximum Gasteiger partial charge on any atom is 0.220 e. The Morgan fingerprint density at radius 1 is 1.15 bits per heavy atom. The van der Waals surface area contributed by atoms with Gasteiger partial charge in [0.25, 0.3) is 0 Å². The molecule has 0 amide bonds. The molecule has 6 nitrogen and oxygen atoms in total. The topological polar surface area (TPSA) is 89.7 Å². The van der Waals surface area contributed by atoms with Crippen molar-refractivity contribution in [1.82, 2.24) is 19.9 Å². The van der Waals surface area contributed by atoms with E-state index in [1.807, 2.05) is 30.3 Å². The van der Waals surface area contributed by atoms with Crippen LogP contribution in [-0.4, -0.2) is 26.5 Å². The number of H-pyrrole nitrogens is 1. The molecule has 0 saturated carbocycles. The first-order chi connectivity index (χ1) is 13.2. The average Bonchev–Trinajstić information content (AvgIpc) is 3.11. The summed E-state index contributed by atoms with van der Waals surface area (Å²) in [5.74, 6) is 1.16. The van der Waals surface area contributed by atoms with Gasteiger partial charge in [0, 0.05) is 11.8 Å². The standard InChI is InChI=1S/C20H16FN5O/c21-14-3-1-2-12-8-13(10-27-18(12)14)19-24-16-5-4-11(9-17(16)25-19)15-6-7-23-20(22)26-15/h1-7,9,13H,8,10H2,(H,24,25)(H2,22,23,26). The van der Waals surface area contributed by atoms with Crippen LogP contribution in [0.4, 0.5) is 10.3 Å². The van der Waals surface area contributed by atoms with E-state index in [2.05, 4.69) is 15.0 Å². The fraction of sp³-hybridized carbons (Fsp3) is 0.150. The quantitative estimate of drug-likeness (QED) is 0.571. The highest BCUT2D eigenvalue weighted by Crippen LogP contribution is 2.34. The molecule has 0 aliphatic carbocycles. The zero-order chi connectivity index (χ0) is 18.4. The van der Waals surface area contributed by atoms with E-state index in [1.54, 1.807) is 12.3 Å². The van der Waals surface area contributed by atoms with Crippen LogP contribution in [0.3, 0.4) is 0 Å². The van der Waals surface area contributed by atoms with Crippen molar-refractivity contribution < 1.29 is 9.13 Å². The van der Waals surface area contributed by atoms with Crippen LogP contribution in [0, 0.1) is 5.82 Å². The molecule has 0 bridgehead atoms. The highest BCUT2D eigenvalue weighted by molar-refractivity contribution is 5.81. The lowest BCUT2D eigenvalue weighted by Gasteiger charge is -2.24. The monoisotopic (exact) mass is 361 g/mol. The van der Waals surface area contributed by atoms with Crippen LogP contribution in [0.1, 0.15) is 17.3 Å². The van der Waals surface area contributed by atoms with E-state index in [-0.39, 0.29) is 17.7 Å². The van der Waals surface area contributed by atoms with Crippen molar-refractivity contribution in [2.45, 2.75) is 12.3 Å². The lowest BCUT2D eigenvalue weighted by atomic mass is 9.96. The molecule has 1 aliphatic rings. The van der Waals surface area contributed by atoms with Gasteiger partial charge in [-0.1, -0.05) is 18.2 Å². The predicted molar refractivity (Wildman–Crippen MR) is 99.9 cm³/mol. The van der Waals surface area contributed by atoms with Crippen molar-refractivity contribution in [3.05, 3.63) is 65.9 Å². The number of fused-ring (bicyclic) bond motifs is 2. The molecule has 0 saturated heterocycles. The van der Waals surface area contributed by atoms with Crippen LogP contribution in [0.2, 0.25) is 0 Å². The van der Waals surface area contributed by atoms with Crippen LogP contribution in [0.5, 0.6) is 5.75 Å². The third-order valence-electron chi connectivity index (χ3n) is 4.80. The van der Waals surface area contributed by atoms with Gasteiger partial charge in [-0.15, -0.1) is 0 Å². The molecule has 7 heteroatoms. The minimum absolute atomic E-state index is 0.0462. The van der Waals surface area contributed by atoms with Crippen molar-refractivity contribution in [2.24, 2.45) is 0 Å². The molecule has 3 heterocycles. The lowest BCUT2D eigenvalue weighted by molar-refractivity contribution is 0.246. The first-order valence-electron chi connectivity index (χ1n) is 8.66. The van der Waals surface area contributed by atoms with Gasteiger partial charge in [-0.05, 0) is 36.2 Å². The molecule has 2 aromatic heterocycles. The number of aromatic amines is 1. The summed E-state index contributed by atoms with van der Waals surface area (Å²) >= 11 is 0. The van der Waals surface area contributed by atoms with Crippen molar-refractivity contribution in [2.75, 3.05) is 12.3 Å². The number of nitrogens with two attached hydrogens (primary N) is 1. The molecule has 3 N–H and O–H groups in total. The Kier molecular flexibility index (Phi) is 3.53. The number of nitrogens with one attached hydrogen (secondary N) is 1. The molecule has 0 fully saturated rings. The van der Waals surface area contributed by atoms with Crippen molar-refractivity contribution in [3.8, 4) is 17.0 Å². The van der Waals surface area contributed by atoms with E-state index in [9.17, 15) is 4.39 Å². The van der Waals surface area contributed by atoms with Gasteiger partial charge in [-0.3, -0.25) is 0 Å². The van der Waals surface area contributed by atoms with Gasteiger partial charge in [0.05, 0.1) is 29.3 Å². The number of nitrogens with zero attached hydrogens (tertiary/aromatic N) is 3. The van der Waals surface area contributed by atoms with Gasteiger partial charge in [-0.25, -0.2) is 19.3 Å². The molecule has 1 aliphatic heterocycles. The molecule has 0 radical (unpaired) electrons. The largest absolute Gasteiger partial charge is 0.489 e. The SMILES string of the molecule is Nc1nccc(-c2ccc3[nH]c(C4COc5c(F)cccc5C4)nc3c2)n1. The fourth-order valence-electron chi connectivity index (χ4n) is 3.47. The summed E-state index contributed by atoms with van der Waals surface area (Å²) < 4.78 is 19.5. The number of aromatic nitrogens is 4. The third-order valence-corrected chi connectivity index (χ3v) is 4.80. The minimum Gasteiger partial charge on any atom is -0.489 e. The molecular weight excluding hydrogens is 345 g/mol. The van der Waals surface area contributed by atoms with Crippen LogP contribution in [-0.2, 0) is 6.42 Å². The Bertz CT molecular complexity index is 1160. The fourth-order valence-corrected chi connectivity index (χ4v) is 3.47. The normalized spacial score (nSPS) is 16.1. The summed E-state index contributed by atoms with van der Waals surface area (Å²) in [4.78, 5) is 16.3. The predicted octanol–water partition coefficient (Wildman–Crippen LogP) is 3.46. The first-order valence-corrected chi connectivity index (χ1v) is 8.66. The molecule has 27 heavy (non-hydrogen) atoms. The Labute approximate surface area is 154 Å². The van der Waals surface area contributed by atoms with E-state index in [0.717, 1.165) is 33.7 Å². The highest BCUT2D eigenvalue weighted by Gasteiger charge is 2.26. The summed E-state index contributed by atoms with van der Waals surface area (Å²) in [5, 5.41) is 0. The van der Waals surface area contributed by atoms with Crippen molar-refractivity contribution in [3.63, 3.8) is 0 Å². The second kappa shape index (κ2) is 6.05. The number of anilines is 1. The second-order valence-corrected chi connectivity index (χ2v) is 6.59. The van der Waals surface area contributed by atoms with Crippen molar-refractivity contribution in [1.29, 1.82) is 0 Å². The summed E-state index contributed by atoms with van der Waals surface area (Å²) in [6.07, 6.45) is 2.32. The maximum atomic E-state index is 13.8. The zero-order valence-corrected chi connectivity index (χ0v) is 14.3. The zero-order valence-electron chi connectivity index (χ0n) is 14.3. The lowest BCUT2D eigenvalue weighted by Crippen LogP contribution is -2.21. The summed E-state index contributed by atoms with van der Waals surface area (Å²) in [6.45, 7) is 0.392. The van der Waals surface area contributed by atoms with Crippen LogP contribution < -0.4 is 10.5 Å². The molecule has 4 aromatic rings. The number of para-hydroxylation sites is 1. The summed E-state index contributed by atoms with van der Waals surface area (Å²) in [7, 11) is 0. The second-order valence-electron chi connectivity index (χ2n) is 6.59. The number of hydrogen-bond acceptors (Lipinski definition) is 5. The van der Waals surface area contributed by atoms with Gasteiger partial charge in [0.1, 0.15) is 5.82 Å². The maximum absolute atomic E-state index is 13.8. The number of benzene rings is 2. The van der Waals surface area contributed by atoms with E-state index < -0.39 is 0 Å². The molecule has 1 atom stereocenters. The van der Waals surface area contributed by atoms with Crippen LogP contribution >= 0.6 is 0 Å². The van der Waals surface area contributed by atoms with E-state index in [0.29, 0.717) is 18.8 Å². The van der Waals surface area contributed by atoms with Crippen molar-refractivity contribution >= 4 is 17.0 Å². The Morgan fingerprint density at radius 3 is 2.96 bits per heavy atom. The van der Waals surface area contributed by atoms with Gasteiger partial charge in [0.15, 0.2) is 11.6 Å². The summed E-state index contributed by atoms with van der Waals surface area (Å²) in [6, 6.07) is 12.7. The van der Waals surface area contributed by atoms with E-state index in [4.69, 9.17) is 15.5 Å². The van der Waals surface area contributed by atoms with Gasteiger partial charge in [-0.2, -0.15) is 0 Å². The van der Waals surface area contributed by atoms with Gasteiger partial charge >= 0.3 is 0 Å². The Hall–Kier alpha value is -3.48. The molecule has 0 spiro atoms. The summed E-state index contributed by atoms with van der Waals surface area (Å²) in [5.41, 5.74) is 9.98. The molecule has 1 unspecified atom stereocenters. The highest BCUT2D eigenvalue weighted by atomic mass is 19.1. The Morgan fingerprint density at radius 2 is 2.07 bits per heavy atom. The molecule has 2 aromatic carbocycles. The van der Waals surface area contributed by atoms with Gasteiger partial charge in [0.2, 0.25) is 5.95 Å². The van der Waals surface area contributed by atoms with E-state index >= 15 is 0 Å². The average molecular weight is 361 g/mol. The minimum atomic E-state index is -0.315. The number of ether oxygens (including phenoxy) is 1. The number of hydrogen-bond donors (Lipinski definition) is 2. The number of nitrogen functional groups attached to an aromatic ring is 1. The smallest absolute Gasteiger partial charge is 0.220 e. The number of rotatable bonds is 2. The van der Waals surface area contributed by atoms with Gasteiger partial charge < -0.3 is 15.5 Å².